The lowest BCUT2D eigenvalue weighted by atomic mass is 10.1. The fourth-order valence-corrected chi connectivity index (χ4v) is 1.92. The van der Waals surface area contributed by atoms with Crippen molar-refractivity contribution in [2.45, 2.75) is 19.8 Å². The molecule has 0 fully saturated rings. The van der Waals surface area contributed by atoms with Crippen LogP contribution < -0.4 is 10.5 Å². The lowest BCUT2D eigenvalue weighted by molar-refractivity contribution is 0.475. The summed E-state index contributed by atoms with van der Waals surface area (Å²) in [5, 5.41) is 0. The second kappa shape index (κ2) is 6.34. The summed E-state index contributed by atoms with van der Waals surface area (Å²) in [6.45, 7) is 2.59. The van der Waals surface area contributed by atoms with Crippen molar-refractivity contribution >= 4 is 0 Å². The average Bonchev–Trinajstić information content (AvgIpc) is 2.39. The van der Waals surface area contributed by atoms with Gasteiger partial charge < -0.3 is 10.5 Å². The molecule has 0 amide bonds. The highest BCUT2D eigenvalue weighted by Crippen LogP contribution is 2.24. The van der Waals surface area contributed by atoms with Gasteiger partial charge in [0.1, 0.15) is 17.3 Å². The summed E-state index contributed by atoms with van der Waals surface area (Å²) < 4.78 is 19.1. The standard InChI is InChI=1S/C16H18FNO/c1-2-12-3-5-15(6-4-12)19-16-10-13(7-8-18)9-14(17)11-16/h3-6,9-11H,2,7-8,18H2,1H3. The molecule has 0 spiro atoms. The van der Waals surface area contributed by atoms with Crippen molar-refractivity contribution in [1.82, 2.24) is 0 Å². The van der Waals surface area contributed by atoms with E-state index in [4.69, 9.17) is 10.5 Å². The molecule has 2 nitrogen and oxygen atoms in total. The third-order valence-electron chi connectivity index (χ3n) is 2.93. The molecule has 0 unspecified atom stereocenters. The van der Waals surface area contributed by atoms with Crippen LogP contribution in [0.2, 0.25) is 0 Å². The maximum Gasteiger partial charge on any atom is 0.130 e. The SMILES string of the molecule is CCc1ccc(Oc2cc(F)cc(CCN)c2)cc1. The van der Waals surface area contributed by atoms with Crippen molar-refractivity contribution in [1.29, 1.82) is 0 Å². The molecule has 2 rings (SSSR count). The van der Waals surface area contributed by atoms with Gasteiger partial charge >= 0.3 is 0 Å². The zero-order chi connectivity index (χ0) is 13.7. The van der Waals surface area contributed by atoms with Crippen LogP contribution in [0.1, 0.15) is 18.1 Å². The van der Waals surface area contributed by atoms with Gasteiger partial charge in [-0.3, -0.25) is 0 Å². The Morgan fingerprint density at radius 1 is 1.00 bits per heavy atom. The zero-order valence-corrected chi connectivity index (χ0v) is 11.0. The lowest BCUT2D eigenvalue weighted by Crippen LogP contribution is -2.03. The molecule has 0 aromatic heterocycles. The first-order valence-corrected chi connectivity index (χ1v) is 6.47. The van der Waals surface area contributed by atoms with E-state index < -0.39 is 0 Å². The number of benzene rings is 2. The fraction of sp³-hybridized carbons (Fsp3) is 0.250. The van der Waals surface area contributed by atoms with Gasteiger partial charge in [0.05, 0.1) is 0 Å². The summed E-state index contributed by atoms with van der Waals surface area (Å²) in [4.78, 5) is 0. The molecule has 0 radical (unpaired) electrons. The van der Waals surface area contributed by atoms with Crippen molar-refractivity contribution in [2.75, 3.05) is 6.54 Å². The third kappa shape index (κ3) is 3.80. The molecular weight excluding hydrogens is 241 g/mol. The van der Waals surface area contributed by atoms with Crippen LogP contribution in [0, 0.1) is 5.82 Å². The summed E-state index contributed by atoms with van der Waals surface area (Å²) in [5.41, 5.74) is 7.58. The minimum absolute atomic E-state index is 0.300. The summed E-state index contributed by atoms with van der Waals surface area (Å²) in [6.07, 6.45) is 1.63. The highest BCUT2D eigenvalue weighted by atomic mass is 19.1. The van der Waals surface area contributed by atoms with Crippen LogP contribution in [0.5, 0.6) is 11.5 Å². The molecule has 100 valence electrons. The number of nitrogens with two attached hydrogens (primary N) is 1. The van der Waals surface area contributed by atoms with Gasteiger partial charge in [-0.1, -0.05) is 19.1 Å². The Labute approximate surface area is 113 Å². The predicted octanol–water partition coefficient (Wildman–Crippen LogP) is 3.68. The van der Waals surface area contributed by atoms with E-state index in [2.05, 4.69) is 6.92 Å². The Morgan fingerprint density at radius 2 is 1.74 bits per heavy atom. The van der Waals surface area contributed by atoms with E-state index >= 15 is 0 Å². The van der Waals surface area contributed by atoms with Crippen molar-refractivity contribution in [3.05, 3.63) is 59.4 Å². The largest absolute Gasteiger partial charge is 0.457 e. The minimum atomic E-state index is -0.300. The second-order valence-electron chi connectivity index (χ2n) is 4.43. The summed E-state index contributed by atoms with van der Waals surface area (Å²) in [5.74, 6) is 0.917. The van der Waals surface area contributed by atoms with E-state index in [1.165, 1.54) is 17.7 Å². The Morgan fingerprint density at radius 3 is 2.37 bits per heavy atom. The van der Waals surface area contributed by atoms with E-state index in [-0.39, 0.29) is 5.82 Å². The van der Waals surface area contributed by atoms with Crippen molar-refractivity contribution in [3.63, 3.8) is 0 Å². The maximum absolute atomic E-state index is 13.5. The van der Waals surface area contributed by atoms with Crippen LogP contribution in [-0.2, 0) is 12.8 Å². The van der Waals surface area contributed by atoms with Crippen molar-refractivity contribution in [2.24, 2.45) is 5.73 Å². The van der Waals surface area contributed by atoms with Crippen LogP contribution >= 0.6 is 0 Å². The maximum atomic E-state index is 13.5. The molecule has 0 bridgehead atoms. The molecular formula is C16H18FNO. The van der Waals surface area contributed by atoms with Gasteiger partial charge in [0.2, 0.25) is 0 Å². The molecule has 0 saturated carbocycles. The zero-order valence-electron chi connectivity index (χ0n) is 11.0. The van der Waals surface area contributed by atoms with Crippen LogP contribution in [0.3, 0.4) is 0 Å². The van der Waals surface area contributed by atoms with E-state index in [0.29, 0.717) is 24.5 Å². The van der Waals surface area contributed by atoms with E-state index in [9.17, 15) is 4.39 Å². The first kappa shape index (κ1) is 13.6. The molecule has 3 heteroatoms. The van der Waals surface area contributed by atoms with Gasteiger partial charge in [0, 0.05) is 6.07 Å². The van der Waals surface area contributed by atoms with Crippen LogP contribution in [0.4, 0.5) is 4.39 Å². The first-order chi connectivity index (χ1) is 9.21. The molecule has 0 aliphatic carbocycles. The number of ether oxygens (including phenoxy) is 1. The number of hydrogen-bond donors (Lipinski definition) is 1. The summed E-state index contributed by atoms with van der Waals surface area (Å²) >= 11 is 0. The number of aryl methyl sites for hydroxylation is 1. The van der Waals surface area contributed by atoms with Crippen molar-refractivity contribution in [3.8, 4) is 11.5 Å². The molecule has 2 aromatic rings. The highest BCUT2D eigenvalue weighted by Gasteiger charge is 2.03. The highest BCUT2D eigenvalue weighted by molar-refractivity contribution is 5.36. The van der Waals surface area contributed by atoms with E-state index in [0.717, 1.165) is 12.0 Å². The molecule has 19 heavy (non-hydrogen) atoms. The normalized spacial score (nSPS) is 10.5. The van der Waals surface area contributed by atoms with Gasteiger partial charge in [-0.15, -0.1) is 0 Å². The Balaban J connectivity index is 2.17. The predicted molar refractivity (Wildman–Crippen MR) is 75.1 cm³/mol. The molecule has 0 heterocycles. The monoisotopic (exact) mass is 259 g/mol. The quantitative estimate of drug-likeness (QED) is 0.889. The van der Waals surface area contributed by atoms with Gasteiger partial charge in [-0.2, -0.15) is 0 Å². The van der Waals surface area contributed by atoms with Gasteiger partial charge in [0.25, 0.3) is 0 Å². The minimum Gasteiger partial charge on any atom is -0.457 e. The summed E-state index contributed by atoms with van der Waals surface area (Å²) in [6, 6.07) is 12.5. The van der Waals surface area contributed by atoms with Gasteiger partial charge in [-0.05, 0) is 54.8 Å². The molecule has 0 aliphatic heterocycles. The molecule has 2 N–H and O–H groups in total. The van der Waals surface area contributed by atoms with Crippen LogP contribution in [0.15, 0.2) is 42.5 Å². The smallest absolute Gasteiger partial charge is 0.130 e. The molecule has 2 aromatic carbocycles. The van der Waals surface area contributed by atoms with Gasteiger partial charge in [-0.25, -0.2) is 4.39 Å². The van der Waals surface area contributed by atoms with Crippen LogP contribution in [0.25, 0.3) is 0 Å². The first-order valence-electron chi connectivity index (χ1n) is 6.47. The Bertz CT molecular complexity index is 537. The van der Waals surface area contributed by atoms with Crippen molar-refractivity contribution < 1.29 is 9.13 Å². The summed E-state index contributed by atoms with van der Waals surface area (Å²) in [7, 11) is 0. The Kier molecular flexibility index (Phi) is 4.53. The molecule has 0 atom stereocenters. The second-order valence-corrected chi connectivity index (χ2v) is 4.43. The fourth-order valence-electron chi connectivity index (χ4n) is 1.92. The van der Waals surface area contributed by atoms with E-state index in [1.807, 2.05) is 30.3 Å². The average molecular weight is 259 g/mol. The Hall–Kier alpha value is -1.87. The number of halogens is 1. The number of hydrogen-bond acceptors (Lipinski definition) is 2. The topological polar surface area (TPSA) is 35.2 Å². The number of rotatable bonds is 5. The lowest BCUT2D eigenvalue weighted by Gasteiger charge is -2.08. The van der Waals surface area contributed by atoms with Gasteiger partial charge in [0.15, 0.2) is 0 Å². The van der Waals surface area contributed by atoms with E-state index in [1.54, 1.807) is 0 Å². The molecule has 0 saturated heterocycles. The molecule has 0 aliphatic rings. The van der Waals surface area contributed by atoms with Crippen LogP contribution in [-0.4, -0.2) is 6.54 Å². The third-order valence-corrected chi connectivity index (χ3v) is 2.93.